The van der Waals surface area contributed by atoms with Crippen molar-refractivity contribution in [3.8, 4) is 0 Å². The fourth-order valence-corrected chi connectivity index (χ4v) is 2.81. The van der Waals surface area contributed by atoms with Gasteiger partial charge < -0.3 is 10.6 Å². The predicted octanol–water partition coefficient (Wildman–Crippen LogP) is 3.71. The summed E-state index contributed by atoms with van der Waals surface area (Å²) in [6.45, 7) is 2.72. The third-order valence-electron chi connectivity index (χ3n) is 3.15. The van der Waals surface area contributed by atoms with Gasteiger partial charge in [0, 0.05) is 17.1 Å². The average Bonchev–Trinajstić information content (AvgIpc) is 2.37. The van der Waals surface area contributed by atoms with Crippen molar-refractivity contribution >= 4 is 17.4 Å². The first-order valence-corrected chi connectivity index (χ1v) is 7.15. The van der Waals surface area contributed by atoms with Crippen molar-refractivity contribution in [1.82, 2.24) is 5.32 Å². The fourth-order valence-electron chi connectivity index (χ4n) is 2.17. The first-order chi connectivity index (χ1) is 9.04. The minimum Gasteiger partial charge on any atom is -0.384 e. The molecule has 19 heavy (non-hydrogen) atoms. The van der Waals surface area contributed by atoms with Crippen molar-refractivity contribution in [3.05, 3.63) is 24.3 Å². The van der Waals surface area contributed by atoms with Crippen LogP contribution in [-0.2, 0) is 0 Å². The van der Waals surface area contributed by atoms with Crippen molar-refractivity contribution in [3.63, 3.8) is 0 Å². The van der Waals surface area contributed by atoms with Crippen molar-refractivity contribution in [1.29, 1.82) is 0 Å². The lowest BCUT2D eigenvalue weighted by Gasteiger charge is -2.23. The molecule has 1 aromatic carbocycles. The standard InChI is InChI=1S/C13H17F3N2S/c14-13(15,16)19-12-4-2-1-3-11(12)18-9-10-5-7-17-8-6-10/h1-4,10,17-18H,5-9H2. The summed E-state index contributed by atoms with van der Waals surface area (Å²) in [6.07, 6.45) is 2.14. The Morgan fingerprint density at radius 3 is 2.58 bits per heavy atom. The van der Waals surface area contributed by atoms with Crippen LogP contribution in [0.25, 0.3) is 0 Å². The molecular weight excluding hydrogens is 273 g/mol. The van der Waals surface area contributed by atoms with E-state index in [1.54, 1.807) is 18.2 Å². The van der Waals surface area contributed by atoms with Crippen LogP contribution in [0.3, 0.4) is 0 Å². The molecule has 0 unspecified atom stereocenters. The van der Waals surface area contributed by atoms with Gasteiger partial charge in [-0.3, -0.25) is 0 Å². The zero-order valence-corrected chi connectivity index (χ0v) is 11.3. The van der Waals surface area contributed by atoms with Crippen LogP contribution in [-0.4, -0.2) is 25.1 Å². The summed E-state index contributed by atoms with van der Waals surface area (Å²) in [6, 6.07) is 6.59. The third kappa shape index (κ3) is 4.95. The van der Waals surface area contributed by atoms with Crippen LogP contribution in [0.15, 0.2) is 29.2 Å². The molecule has 0 aliphatic carbocycles. The van der Waals surface area contributed by atoms with Gasteiger partial charge in [0.2, 0.25) is 0 Å². The van der Waals surface area contributed by atoms with Gasteiger partial charge in [0.15, 0.2) is 0 Å². The Balaban J connectivity index is 1.95. The van der Waals surface area contributed by atoms with E-state index in [4.69, 9.17) is 0 Å². The van der Waals surface area contributed by atoms with Gasteiger partial charge in [-0.25, -0.2) is 0 Å². The number of hydrogen-bond donors (Lipinski definition) is 2. The van der Waals surface area contributed by atoms with E-state index in [2.05, 4.69) is 10.6 Å². The van der Waals surface area contributed by atoms with Gasteiger partial charge in [-0.1, -0.05) is 12.1 Å². The van der Waals surface area contributed by atoms with E-state index in [1.165, 1.54) is 6.07 Å². The molecule has 1 saturated heterocycles. The number of thioether (sulfide) groups is 1. The Morgan fingerprint density at radius 2 is 1.89 bits per heavy atom. The van der Waals surface area contributed by atoms with Crippen molar-refractivity contribution in [2.24, 2.45) is 5.92 Å². The fraction of sp³-hybridized carbons (Fsp3) is 0.538. The molecule has 2 rings (SSSR count). The molecule has 0 bridgehead atoms. The number of benzene rings is 1. The Morgan fingerprint density at radius 1 is 1.21 bits per heavy atom. The van der Waals surface area contributed by atoms with Gasteiger partial charge in [-0.2, -0.15) is 13.2 Å². The predicted molar refractivity (Wildman–Crippen MR) is 72.4 cm³/mol. The molecule has 6 heteroatoms. The normalized spacial score (nSPS) is 17.4. The summed E-state index contributed by atoms with van der Waals surface area (Å²) in [7, 11) is 0. The zero-order valence-electron chi connectivity index (χ0n) is 10.5. The molecule has 0 aromatic heterocycles. The lowest BCUT2D eigenvalue weighted by Crippen LogP contribution is -2.31. The molecule has 1 aliphatic rings. The lowest BCUT2D eigenvalue weighted by molar-refractivity contribution is -0.0327. The van der Waals surface area contributed by atoms with Crippen LogP contribution in [0, 0.1) is 5.92 Å². The number of halogens is 3. The number of alkyl halides is 3. The van der Waals surface area contributed by atoms with E-state index in [9.17, 15) is 13.2 Å². The highest BCUT2D eigenvalue weighted by Gasteiger charge is 2.30. The van der Waals surface area contributed by atoms with Gasteiger partial charge in [-0.05, 0) is 55.7 Å². The van der Waals surface area contributed by atoms with E-state index in [0.29, 0.717) is 11.6 Å². The minimum absolute atomic E-state index is 0.0609. The quantitative estimate of drug-likeness (QED) is 0.827. The number of para-hydroxylation sites is 1. The van der Waals surface area contributed by atoms with Gasteiger partial charge in [0.1, 0.15) is 0 Å². The maximum Gasteiger partial charge on any atom is 0.446 e. The molecule has 0 atom stereocenters. The molecule has 2 N–H and O–H groups in total. The van der Waals surface area contributed by atoms with E-state index in [0.717, 1.165) is 32.5 Å². The second-order valence-corrected chi connectivity index (χ2v) is 5.73. The van der Waals surface area contributed by atoms with Crippen LogP contribution < -0.4 is 10.6 Å². The number of hydrogen-bond acceptors (Lipinski definition) is 3. The first kappa shape index (κ1) is 14.5. The maximum absolute atomic E-state index is 12.4. The van der Waals surface area contributed by atoms with E-state index in [-0.39, 0.29) is 16.7 Å². The van der Waals surface area contributed by atoms with Gasteiger partial charge in [0.05, 0.1) is 0 Å². The molecule has 106 valence electrons. The molecule has 0 amide bonds. The summed E-state index contributed by atoms with van der Waals surface area (Å²) in [5, 5.41) is 6.43. The molecule has 2 nitrogen and oxygen atoms in total. The lowest BCUT2D eigenvalue weighted by atomic mass is 9.98. The van der Waals surface area contributed by atoms with Gasteiger partial charge in [0.25, 0.3) is 0 Å². The number of nitrogens with one attached hydrogen (secondary N) is 2. The molecule has 1 heterocycles. The molecule has 1 fully saturated rings. The minimum atomic E-state index is -4.24. The third-order valence-corrected chi connectivity index (χ3v) is 3.96. The van der Waals surface area contributed by atoms with Gasteiger partial charge >= 0.3 is 5.51 Å². The summed E-state index contributed by atoms with van der Waals surface area (Å²) < 4.78 is 37.3. The number of rotatable bonds is 4. The largest absolute Gasteiger partial charge is 0.446 e. The highest BCUT2D eigenvalue weighted by molar-refractivity contribution is 8.00. The second-order valence-electron chi connectivity index (χ2n) is 4.62. The van der Waals surface area contributed by atoms with Crippen LogP contribution in [0.4, 0.5) is 18.9 Å². The highest BCUT2D eigenvalue weighted by atomic mass is 32.2. The SMILES string of the molecule is FC(F)(F)Sc1ccccc1NCC1CCNCC1. The Bertz CT molecular complexity index is 403. The Kier molecular flexibility index (Phi) is 4.99. The van der Waals surface area contributed by atoms with E-state index < -0.39 is 5.51 Å². The monoisotopic (exact) mass is 290 g/mol. The molecule has 1 aliphatic heterocycles. The number of anilines is 1. The highest BCUT2D eigenvalue weighted by Crippen LogP contribution is 2.40. The average molecular weight is 290 g/mol. The van der Waals surface area contributed by atoms with E-state index >= 15 is 0 Å². The number of piperidine rings is 1. The van der Waals surface area contributed by atoms with Crippen molar-refractivity contribution < 1.29 is 13.2 Å². The van der Waals surface area contributed by atoms with Gasteiger partial charge in [-0.15, -0.1) is 0 Å². The molecule has 0 radical (unpaired) electrons. The zero-order chi connectivity index (χ0) is 13.7. The van der Waals surface area contributed by atoms with Crippen molar-refractivity contribution in [2.75, 3.05) is 25.0 Å². The molecule has 0 spiro atoms. The Labute approximate surface area is 115 Å². The van der Waals surface area contributed by atoms with Crippen LogP contribution >= 0.6 is 11.8 Å². The molecular formula is C13H17F3N2S. The smallest absolute Gasteiger partial charge is 0.384 e. The molecule has 1 aromatic rings. The van der Waals surface area contributed by atoms with Crippen LogP contribution in [0.1, 0.15) is 12.8 Å². The first-order valence-electron chi connectivity index (χ1n) is 6.34. The maximum atomic E-state index is 12.4. The van der Waals surface area contributed by atoms with Crippen molar-refractivity contribution in [2.45, 2.75) is 23.2 Å². The summed E-state index contributed by atoms with van der Waals surface area (Å²) in [5.41, 5.74) is -3.67. The van der Waals surface area contributed by atoms with Crippen LogP contribution in [0.2, 0.25) is 0 Å². The summed E-state index contributed by atoms with van der Waals surface area (Å²) in [4.78, 5) is 0.240. The molecule has 0 saturated carbocycles. The van der Waals surface area contributed by atoms with Crippen LogP contribution in [0.5, 0.6) is 0 Å². The summed E-state index contributed by atoms with van der Waals surface area (Å²) in [5.74, 6) is 0.533. The summed E-state index contributed by atoms with van der Waals surface area (Å²) >= 11 is -0.0609. The Hall–Kier alpha value is -0.880. The van der Waals surface area contributed by atoms with E-state index in [1.807, 2.05) is 0 Å². The topological polar surface area (TPSA) is 24.1 Å². The second kappa shape index (κ2) is 6.52.